The summed E-state index contributed by atoms with van der Waals surface area (Å²) in [6.45, 7) is 3.81. The van der Waals surface area contributed by atoms with Crippen molar-refractivity contribution in [3.63, 3.8) is 0 Å². The van der Waals surface area contributed by atoms with Crippen LogP contribution in [0.5, 0.6) is 0 Å². The second kappa shape index (κ2) is 6.65. The van der Waals surface area contributed by atoms with Gasteiger partial charge >= 0.3 is 5.97 Å². The van der Waals surface area contributed by atoms with Gasteiger partial charge in [-0.05, 0) is 38.5 Å². The molecule has 2 aliphatic heterocycles. The predicted molar refractivity (Wildman–Crippen MR) is 113 cm³/mol. The van der Waals surface area contributed by atoms with Crippen LogP contribution in [-0.2, 0) is 14.2 Å². The molecule has 0 bridgehead atoms. The summed E-state index contributed by atoms with van der Waals surface area (Å²) in [6.07, 6.45) is 3.22. The maximum atomic E-state index is 12.5. The fourth-order valence-electron chi connectivity index (χ4n) is 5.28. The molecule has 160 valence electrons. The van der Waals surface area contributed by atoms with Crippen LogP contribution in [0.2, 0.25) is 10.2 Å². The zero-order valence-corrected chi connectivity index (χ0v) is 18.3. The molecule has 0 amide bonds. The Bertz CT molecular complexity index is 1230. The molecule has 1 saturated heterocycles. The zero-order chi connectivity index (χ0) is 21.5. The van der Waals surface area contributed by atoms with Gasteiger partial charge in [0.2, 0.25) is 0 Å². The fourth-order valence-corrected chi connectivity index (χ4v) is 5.65. The van der Waals surface area contributed by atoms with Gasteiger partial charge in [-0.3, -0.25) is 0 Å². The number of nitrogens with zero attached hydrogens (tertiary/aromatic N) is 3. The molecule has 1 aromatic carbocycles. The quantitative estimate of drug-likeness (QED) is 0.407. The minimum absolute atomic E-state index is 0.0599. The number of fused-ring (bicyclic) bond motifs is 3. The first-order chi connectivity index (χ1) is 14.8. The SMILES string of the molecule is CC1(C)O[C@@H]2[C@@H]([C@H]3OC(=O)c4cc(Cl)ccc43)C[C@@H](n3ccc4c(Cl)ncnc43)[C@@H]2O1. The van der Waals surface area contributed by atoms with Crippen LogP contribution in [0.15, 0.2) is 36.8 Å². The number of halogens is 2. The van der Waals surface area contributed by atoms with Crippen molar-refractivity contribution >= 4 is 40.2 Å². The molecule has 7 nitrogen and oxygen atoms in total. The first-order valence-electron chi connectivity index (χ1n) is 10.2. The Kier molecular flexibility index (Phi) is 4.18. The highest BCUT2D eigenvalue weighted by atomic mass is 35.5. The lowest BCUT2D eigenvalue weighted by Crippen LogP contribution is -2.29. The number of benzene rings is 1. The van der Waals surface area contributed by atoms with Gasteiger partial charge in [0.25, 0.3) is 0 Å². The fraction of sp³-hybridized carbons (Fsp3) is 0.409. The van der Waals surface area contributed by atoms with Crippen LogP contribution in [0.3, 0.4) is 0 Å². The number of cyclic esters (lactones) is 1. The second-order valence-corrected chi connectivity index (χ2v) is 9.51. The van der Waals surface area contributed by atoms with Gasteiger partial charge < -0.3 is 18.8 Å². The summed E-state index contributed by atoms with van der Waals surface area (Å²) >= 11 is 12.4. The van der Waals surface area contributed by atoms with Gasteiger partial charge in [-0.1, -0.05) is 29.3 Å². The van der Waals surface area contributed by atoms with Crippen LogP contribution in [0, 0.1) is 5.92 Å². The van der Waals surface area contributed by atoms with E-state index in [0.29, 0.717) is 22.2 Å². The summed E-state index contributed by atoms with van der Waals surface area (Å²) in [7, 11) is 0. The lowest BCUT2D eigenvalue weighted by atomic mass is 9.91. The standard InChI is InChI=1S/C22H19Cl2N3O4/c1-22(2)30-17-14(16-11-4-3-10(23)7-13(11)21(28)29-16)8-15(18(17)31-22)27-6-5-12-19(24)25-9-26-20(12)27/h3-7,9,14-18H,8H2,1-2H3/t14-,15-,16+,17-,18+/m1/s1. The first kappa shape index (κ1) is 19.5. The van der Waals surface area contributed by atoms with Crippen molar-refractivity contribution < 1.29 is 19.0 Å². The number of hydrogen-bond donors (Lipinski definition) is 0. The van der Waals surface area contributed by atoms with E-state index in [-0.39, 0.29) is 30.1 Å². The molecule has 1 saturated carbocycles. The molecular formula is C22H19Cl2N3O4. The lowest BCUT2D eigenvalue weighted by Gasteiger charge is -2.26. The average molecular weight is 460 g/mol. The minimum Gasteiger partial charge on any atom is -0.453 e. The summed E-state index contributed by atoms with van der Waals surface area (Å²) in [6, 6.07) is 7.17. The number of ether oxygens (including phenoxy) is 3. The maximum absolute atomic E-state index is 12.5. The van der Waals surface area contributed by atoms with Crippen molar-refractivity contribution in [1.82, 2.24) is 14.5 Å². The number of carbonyl (C=O) groups is 1. The van der Waals surface area contributed by atoms with Gasteiger partial charge in [-0.25, -0.2) is 14.8 Å². The molecule has 0 N–H and O–H groups in total. The highest BCUT2D eigenvalue weighted by Gasteiger charge is 2.58. The van der Waals surface area contributed by atoms with Crippen LogP contribution >= 0.6 is 23.2 Å². The van der Waals surface area contributed by atoms with E-state index >= 15 is 0 Å². The van der Waals surface area contributed by atoms with Gasteiger partial charge in [-0.15, -0.1) is 0 Å². The molecular weight excluding hydrogens is 441 g/mol. The van der Waals surface area contributed by atoms with Crippen LogP contribution in [0.1, 0.15) is 48.3 Å². The minimum atomic E-state index is -0.743. The summed E-state index contributed by atoms with van der Waals surface area (Å²) in [5.74, 6) is -1.18. The van der Waals surface area contributed by atoms with Crippen molar-refractivity contribution in [2.75, 3.05) is 0 Å². The Hall–Kier alpha value is -2.19. The van der Waals surface area contributed by atoms with Crippen LogP contribution < -0.4 is 0 Å². The highest BCUT2D eigenvalue weighted by Crippen LogP contribution is 2.54. The molecule has 2 fully saturated rings. The summed E-state index contributed by atoms with van der Waals surface area (Å²) in [4.78, 5) is 21.1. The third kappa shape index (κ3) is 2.91. The van der Waals surface area contributed by atoms with E-state index in [1.807, 2.05) is 32.2 Å². The molecule has 1 aliphatic carbocycles. The van der Waals surface area contributed by atoms with E-state index in [9.17, 15) is 4.79 Å². The zero-order valence-electron chi connectivity index (χ0n) is 16.8. The summed E-state index contributed by atoms with van der Waals surface area (Å²) in [5, 5.41) is 1.71. The van der Waals surface area contributed by atoms with Gasteiger partial charge in [0.1, 0.15) is 29.3 Å². The molecule has 5 atom stereocenters. The van der Waals surface area contributed by atoms with E-state index in [1.54, 1.807) is 12.1 Å². The van der Waals surface area contributed by atoms with Crippen molar-refractivity contribution in [2.24, 2.45) is 5.92 Å². The Labute approximate surface area is 188 Å². The number of carbonyl (C=O) groups excluding carboxylic acids is 1. The average Bonchev–Trinajstić information content (AvgIpc) is 3.43. The van der Waals surface area contributed by atoms with E-state index in [0.717, 1.165) is 16.6 Å². The Morgan fingerprint density at radius 3 is 2.77 bits per heavy atom. The molecule has 0 unspecified atom stereocenters. The third-order valence-corrected chi connectivity index (χ3v) is 7.00. The van der Waals surface area contributed by atoms with Crippen molar-refractivity contribution in [3.05, 3.63) is 58.1 Å². The van der Waals surface area contributed by atoms with Gasteiger partial charge in [0.15, 0.2) is 5.79 Å². The molecule has 4 heterocycles. The molecule has 2 aromatic heterocycles. The van der Waals surface area contributed by atoms with Crippen LogP contribution in [0.4, 0.5) is 0 Å². The van der Waals surface area contributed by atoms with E-state index in [2.05, 4.69) is 14.5 Å². The Balaban J connectivity index is 1.43. The molecule has 3 aliphatic rings. The molecule has 6 rings (SSSR count). The number of aromatic nitrogens is 3. The molecule has 31 heavy (non-hydrogen) atoms. The smallest absolute Gasteiger partial charge is 0.339 e. The molecule has 9 heteroatoms. The predicted octanol–water partition coefficient (Wildman–Crippen LogP) is 4.73. The maximum Gasteiger partial charge on any atom is 0.339 e. The molecule has 0 spiro atoms. The van der Waals surface area contributed by atoms with Crippen molar-refractivity contribution in [2.45, 2.75) is 50.4 Å². The number of hydrogen-bond acceptors (Lipinski definition) is 6. The van der Waals surface area contributed by atoms with Gasteiger partial charge in [0, 0.05) is 22.7 Å². The Morgan fingerprint density at radius 2 is 1.94 bits per heavy atom. The van der Waals surface area contributed by atoms with Gasteiger partial charge in [0.05, 0.1) is 23.1 Å². The van der Waals surface area contributed by atoms with E-state index < -0.39 is 11.9 Å². The van der Waals surface area contributed by atoms with E-state index in [1.165, 1.54) is 6.33 Å². The van der Waals surface area contributed by atoms with Crippen molar-refractivity contribution in [1.29, 1.82) is 0 Å². The monoisotopic (exact) mass is 459 g/mol. The molecule has 0 radical (unpaired) electrons. The lowest BCUT2D eigenvalue weighted by molar-refractivity contribution is -0.164. The largest absolute Gasteiger partial charge is 0.453 e. The second-order valence-electron chi connectivity index (χ2n) is 8.71. The van der Waals surface area contributed by atoms with Crippen LogP contribution in [0.25, 0.3) is 11.0 Å². The number of rotatable bonds is 2. The third-order valence-electron chi connectivity index (χ3n) is 6.46. The van der Waals surface area contributed by atoms with E-state index in [4.69, 9.17) is 37.4 Å². The Morgan fingerprint density at radius 1 is 1.13 bits per heavy atom. The normalized spacial score (nSPS) is 31.1. The number of esters is 1. The highest BCUT2D eigenvalue weighted by molar-refractivity contribution is 6.33. The molecule has 3 aromatic rings. The first-order valence-corrected chi connectivity index (χ1v) is 10.9. The van der Waals surface area contributed by atoms with Crippen molar-refractivity contribution in [3.8, 4) is 0 Å². The van der Waals surface area contributed by atoms with Crippen LogP contribution in [-0.4, -0.2) is 38.5 Å². The topological polar surface area (TPSA) is 75.5 Å². The summed E-state index contributed by atoms with van der Waals surface area (Å²) < 4.78 is 20.6. The van der Waals surface area contributed by atoms with Gasteiger partial charge in [-0.2, -0.15) is 0 Å². The summed E-state index contributed by atoms with van der Waals surface area (Å²) in [5.41, 5.74) is 2.10.